The third kappa shape index (κ3) is 1.91. The van der Waals surface area contributed by atoms with E-state index in [9.17, 15) is 0 Å². The van der Waals surface area contributed by atoms with E-state index in [2.05, 4.69) is 26.2 Å². The molecule has 0 bridgehead atoms. The summed E-state index contributed by atoms with van der Waals surface area (Å²) >= 11 is 3.35. The molecule has 1 fully saturated rings. The maximum Gasteiger partial charge on any atom is 0.153 e. The van der Waals surface area contributed by atoms with Crippen molar-refractivity contribution in [3.05, 3.63) is 10.3 Å². The van der Waals surface area contributed by atoms with E-state index in [0.29, 0.717) is 0 Å². The molecule has 1 aromatic heterocycles. The number of aromatic nitrogens is 3. The molecule has 1 saturated carbocycles. The highest BCUT2D eigenvalue weighted by Gasteiger charge is 2.27. The molecule has 0 saturated heterocycles. The zero-order valence-corrected chi connectivity index (χ0v) is 9.16. The molecule has 13 heavy (non-hydrogen) atoms. The van der Waals surface area contributed by atoms with E-state index >= 15 is 0 Å². The molecule has 0 amide bonds. The van der Waals surface area contributed by atoms with Crippen molar-refractivity contribution < 1.29 is 0 Å². The van der Waals surface area contributed by atoms with Gasteiger partial charge >= 0.3 is 0 Å². The molecule has 0 aromatic carbocycles. The van der Waals surface area contributed by atoms with Crippen molar-refractivity contribution >= 4 is 15.9 Å². The van der Waals surface area contributed by atoms with Crippen LogP contribution in [0.2, 0.25) is 0 Å². The van der Waals surface area contributed by atoms with E-state index in [1.165, 1.54) is 12.8 Å². The first kappa shape index (κ1) is 9.15. The lowest BCUT2D eigenvalue weighted by molar-refractivity contribution is 0.544. The van der Waals surface area contributed by atoms with Gasteiger partial charge in [0.25, 0.3) is 0 Å². The second-order valence-electron chi connectivity index (χ2n) is 3.67. The molecule has 1 unspecified atom stereocenters. The van der Waals surface area contributed by atoms with Gasteiger partial charge in [-0.1, -0.05) is 18.1 Å². The number of nitrogens with zero attached hydrogens (tertiary/aromatic N) is 3. The van der Waals surface area contributed by atoms with Crippen LogP contribution in [0.25, 0.3) is 0 Å². The standard InChI is InChI=1S/C8H13BrN4/c1-13-7(8(9)11-12-13)6(10)4-5-2-3-5/h5-6H,2-4,10H2,1H3. The van der Waals surface area contributed by atoms with E-state index < -0.39 is 0 Å². The molecule has 0 radical (unpaired) electrons. The molecule has 2 rings (SSSR count). The maximum absolute atomic E-state index is 6.05. The van der Waals surface area contributed by atoms with Gasteiger partial charge in [-0.25, -0.2) is 4.68 Å². The van der Waals surface area contributed by atoms with E-state index in [1.807, 2.05) is 7.05 Å². The first-order chi connectivity index (χ1) is 6.18. The zero-order chi connectivity index (χ0) is 9.42. The van der Waals surface area contributed by atoms with Gasteiger partial charge in [-0.05, 0) is 28.3 Å². The molecular weight excluding hydrogens is 232 g/mol. The Labute approximate surface area is 85.6 Å². The number of hydrogen-bond donors (Lipinski definition) is 1. The average molecular weight is 245 g/mol. The fourth-order valence-corrected chi connectivity index (χ4v) is 2.18. The molecule has 2 N–H and O–H groups in total. The minimum absolute atomic E-state index is 0.0712. The molecule has 4 nitrogen and oxygen atoms in total. The van der Waals surface area contributed by atoms with Crippen molar-refractivity contribution in [2.24, 2.45) is 18.7 Å². The summed E-state index contributed by atoms with van der Waals surface area (Å²) in [6.45, 7) is 0. The fourth-order valence-electron chi connectivity index (χ4n) is 1.56. The molecule has 1 atom stereocenters. The molecule has 72 valence electrons. The molecule has 1 aliphatic carbocycles. The van der Waals surface area contributed by atoms with Crippen molar-refractivity contribution in [3.8, 4) is 0 Å². The highest BCUT2D eigenvalue weighted by Crippen LogP contribution is 2.37. The summed E-state index contributed by atoms with van der Waals surface area (Å²) in [6.07, 6.45) is 3.72. The second kappa shape index (κ2) is 3.38. The van der Waals surface area contributed by atoms with Crippen molar-refractivity contribution in [3.63, 3.8) is 0 Å². The van der Waals surface area contributed by atoms with Gasteiger partial charge in [-0.3, -0.25) is 0 Å². The number of hydrogen-bond acceptors (Lipinski definition) is 3. The molecular formula is C8H13BrN4. The van der Waals surface area contributed by atoms with Crippen molar-refractivity contribution in [2.45, 2.75) is 25.3 Å². The van der Waals surface area contributed by atoms with Crippen LogP contribution in [0.1, 0.15) is 31.0 Å². The summed E-state index contributed by atoms with van der Waals surface area (Å²) in [5, 5.41) is 7.82. The van der Waals surface area contributed by atoms with Gasteiger partial charge in [0.1, 0.15) is 0 Å². The molecule has 0 spiro atoms. The maximum atomic E-state index is 6.05. The van der Waals surface area contributed by atoms with Gasteiger partial charge < -0.3 is 5.73 Å². The van der Waals surface area contributed by atoms with E-state index in [-0.39, 0.29) is 6.04 Å². The number of nitrogens with two attached hydrogens (primary N) is 1. The van der Waals surface area contributed by atoms with Crippen molar-refractivity contribution in [1.29, 1.82) is 0 Å². The Morgan fingerprint density at radius 1 is 1.69 bits per heavy atom. The van der Waals surface area contributed by atoms with Crippen LogP contribution in [0, 0.1) is 5.92 Å². The Bertz CT molecular complexity index is 286. The molecule has 1 aromatic rings. The predicted octanol–water partition coefficient (Wildman–Crippen LogP) is 1.38. The van der Waals surface area contributed by atoms with Crippen LogP contribution in [0.5, 0.6) is 0 Å². The van der Waals surface area contributed by atoms with Crippen LogP contribution in [-0.2, 0) is 7.05 Å². The van der Waals surface area contributed by atoms with E-state index in [0.717, 1.165) is 22.6 Å². The summed E-state index contributed by atoms with van der Waals surface area (Å²) in [7, 11) is 1.87. The minimum atomic E-state index is 0.0712. The quantitative estimate of drug-likeness (QED) is 0.875. The minimum Gasteiger partial charge on any atom is -0.323 e. The average Bonchev–Trinajstić information content (AvgIpc) is 2.79. The zero-order valence-electron chi connectivity index (χ0n) is 7.57. The Hall–Kier alpha value is -0.420. The highest BCUT2D eigenvalue weighted by atomic mass is 79.9. The first-order valence-corrected chi connectivity index (χ1v) is 5.28. The van der Waals surface area contributed by atoms with Gasteiger partial charge in [-0.15, -0.1) is 5.10 Å². The Morgan fingerprint density at radius 2 is 2.38 bits per heavy atom. The summed E-state index contributed by atoms with van der Waals surface area (Å²) < 4.78 is 2.53. The predicted molar refractivity (Wildman–Crippen MR) is 53.0 cm³/mol. The lowest BCUT2D eigenvalue weighted by Gasteiger charge is -2.10. The Morgan fingerprint density at radius 3 is 2.85 bits per heavy atom. The third-order valence-corrected chi connectivity index (χ3v) is 3.03. The number of rotatable bonds is 3. The second-order valence-corrected chi connectivity index (χ2v) is 4.43. The molecule has 0 aliphatic heterocycles. The summed E-state index contributed by atoms with van der Waals surface area (Å²) in [5.74, 6) is 0.830. The van der Waals surface area contributed by atoms with Crippen LogP contribution in [0.4, 0.5) is 0 Å². The van der Waals surface area contributed by atoms with E-state index in [1.54, 1.807) is 4.68 Å². The summed E-state index contributed by atoms with van der Waals surface area (Å²) in [5.41, 5.74) is 7.06. The summed E-state index contributed by atoms with van der Waals surface area (Å²) in [4.78, 5) is 0. The lowest BCUT2D eigenvalue weighted by atomic mass is 10.1. The smallest absolute Gasteiger partial charge is 0.153 e. The van der Waals surface area contributed by atoms with Crippen LogP contribution >= 0.6 is 15.9 Å². The van der Waals surface area contributed by atoms with E-state index in [4.69, 9.17) is 5.73 Å². The SMILES string of the molecule is Cn1nnc(Br)c1C(N)CC1CC1. The van der Waals surface area contributed by atoms with Crippen LogP contribution in [-0.4, -0.2) is 15.0 Å². The van der Waals surface area contributed by atoms with Gasteiger partial charge in [-0.2, -0.15) is 0 Å². The normalized spacial score (nSPS) is 19.0. The van der Waals surface area contributed by atoms with Gasteiger partial charge in [0.2, 0.25) is 0 Å². The van der Waals surface area contributed by atoms with Gasteiger partial charge in [0.05, 0.1) is 5.69 Å². The largest absolute Gasteiger partial charge is 0.323 e. The van der Waals surface area contributed by atoms with Gasteiger partial charge in [0.15, 0.2) is 4.60 Å². The number of halogens is 1. The monoisotopic (exact) mass is 244 g/mol. The highest BCUT2D eigenvalue weighted by molar-refractivity contribution is 9.10. The topological polar surface area (TPSA) is 56.7 Å². The van der Waals surface area contributed by atoms with Gasteiger partial charge in [0, 0.05) is 13.1 Å². The Balaban J connectivity index is 2.12. The first-order valence-electron chi connectivity index (χ1n) is 4.49. The molecule has 1 heterocycles. The fraction of sp³-hybridized carbons (Fsp3) is 0.750. The Kier molecular flexibility index (Phi) is 2.38. The van der Waals surface area contributed by atoms with Crippen molar-refractivity contribution in [1.82, 2.24) is 15.0 Å². The molecule has 1 aliphatic rings. The summed E-state index contributed by atoms with van der Waals surface area (Å²) in [6, 6.07) is 0.0712. The number of aryl methyl sites for hydroxylation is 1. The lowest BCUT2D eigenvalue weighted by Crippen LogP contribution is -2.15. The van der Waals surface area contributed by atoms with Crippen LogP contribution in [0.3, 0.4) is 0 Å². The third-order valence-electron chi connectivity index (χ3n) is 2.46. The van der Waals surface area contributed by atoms with Crippen LogP contribution < -0.4 is 5.73 Å². The van der Waals surface area contributed by atoms with Crippen molar-refractivity contribution in [2.75, 3.05) is 0 Å². The molecule has 5 heteroatoms. The van der Waals surface area contributed by atoms with Crippen LogP contribution in [0.15, 0.2) is 4.60 Å².